The number of hydrogen-bond donors (Lipinski definition) is 1. The first-order valence-corrected chi connectivity index (χ1v) is 9.85. The Morgan fingerprint density at radius 1 is 1.14 bits per heavy atom. The Labute approximate surface area is 135 Å². The number of ether oxygens (including phenoxy) is 1. The average Bonchev–Trinajstić information content (AvgIpc) is 2.36. The molecule has 6 nitrogen and oxygen atoms in total. The van der Waals surface area contributed by atoms with Gasteiger partial charge in [-0.25, -0.2) is 0 Å². The molecule has 0 spiro atoms. The molecule has 0 aromatic rings. The second-order valence-electron chi connectivity index (χ2n) is 7.10. The summed E-state index contributed by atoms with van der Waals surface area (Å²) in [6.45, 7) is 12.2. The number of morpholine rings is 1. The fourth-order valence-electron chi connectivity index (χ4n) is 3.50. The molecular weight excluding hydrogens is 302 g/mol. The van der Waals surface area contributed by atoms with Crippen LogP contribution in [0.2, 0.25) is 0 Å². The Morgan fingerprint density at radius 2 is 1.68 bits per heavy atom. The van der Waals surface area contributed by atoms with Gasteiger partial charge in [-0.3, -0.25) is 4.90 Å². The molecule has 0 aromatic heterocycles. The summed E-state index contributed by atoms with van der Waals surface area (Å²) >= 11 is 0. The minimum Gasteiger partial charge on any atom is -0.373 e. The number of nitrogens with zero attached hydrogens (tertiary/aromatic N) is 2. The smallest absolute Gasteiger partial charge is 0.279 e. The maximum Gasteiger partial charge on any atom is 0.279 e. The molecule has 0 amide bonds. The Hall–Kier alpha value is -0.210. The third kappa shape index (κ3) is 5.16. The lowest BCUT2D eigenvalue weighted by Gasteiger charge is -2.39. The molecule has 130 valence electrons. The Kier molecular flexibility index (Phi) is 6.24. The van der Waals surface area contributed by atoms with E-state index in [9.17, 15) is 8.42 Å². The molecule has 22 heavy (non-hydrogen) atoms. The molecule has 2 heterocycles. The van der Waals surface area contributed by atoms with E-state index < -0.39 is 10.2 Å². The molecule has 2 rings (SSSR count). The van der Waals surface area contributed by atoms with Gasteiger partial charge >= 0.3 is 0 Å². The third-order valence-electron chi connectivity index (χ3n) is 4.31. The monoisotopic (exact) mass is 333 g/mol. The second kappa shape index (κ2) is 7.57. The van der Waals surface area contributed by atoms with Gasteiger partial charge in [0.15, 0.2) is 0 Å². The van der Waals surface area contributed by atoms with Gasteiger partial charge in [-0.05, 0) is 46.5 Å². The van der Waals surface area contributed by atoms with Crippen molar-refractivity contribution in [1.29, 1.82) is 0 Å². The van der Waals surface area contributed by atoms with Crippen LogP contribution in [-0.4, -0.2) is 68.6 Å². The van der Waals surface area contributed by atoms with Crippen LogP contribution in [0.5, 0.6) is 0 Å². The number of hydrogen-bond acceptors (Lipinski definition) is 4. The van der Waals surface area contributed by atoms with Crippen LogP contribution in [0.1, 0.15) is 40.5 Å². The highest BCUT2D eigenvalue weighted by atomic mass is 32.2. The molecule has 0 aromatic carbocycles. The van der Waals surface area contributed by atoms with Crippen LogP contribution in [0, 0.1) is 5.92 Å². The highest BCUT2D eigenvalue weighted by Crippen LogP contribution is 2.22. The quantitative estimate of drug-likeness (QED) is 0.817. The van der Waals surface area contributed by atoms with Crippen molar-refractivity contribution in [3.05, 3.63) is 0 Å². The van der Waals surface area contributed by atoms with Gasteiger partial charge in [0.05, 0.1) is 12.2 Å². The molecule has 7 heteroatoms. The first-order valence-electron chi connectivity index (χ1n) is 8.41. The highest BCUT2D eigenvalue weighted by Gasteiger charge is 2.30. The zero-order valence-corrected chi connectivity index (χ0v) is 15.1. The van der Waals surface area contributed by atoms with E-state index in [2.05, 4.69) is 23.5 Å². The molecule has 2 aliphatic heterocycles. The molecule has 1 N–H and O–H groups in total. The number of nitrogens with one attached hydrogen (secondary N) is 1. The first-order chi connectivity index (χ1) is 10.3. The summed E-state index contributed by atoms with van der Waals surface area (Å²) in [5.74, 6) is 0.586. The number of rotatable bonds is 5. The van der Waals surface area contributed by atoms with Gasteiger partial charge in [-0.1, -0.05) is 0 Å². The van der Waals surface area contributed by atoms with Crippen molar-refractivity contribution in [3.63, 3.8) is 0 Å². The largest absolute Gasteiger partial charge is 0.373 e. The van der Waals surface area contributed by atoms with E-state index in [1.165, 1.54) is 0 Å². The standard InChI is InChI=1S/C15H31N3O3S/c1-12(2)16-22(19,20)18-7-5-15(6-8-18)11-17-9-13(3)21-14(4)10-17/h12-16H,5-11H2,1-4H3/t13-,14+. The van der Waals surface area contributed by atoms with Gasteiger partial charge in [0.2, 0.25) is 0 Å². The van der Waals surface area contributed by atoms with Crippen LogP contribution >= 0.6 is 0 Å². The van der Waals surface area contributed by atoms with Gasteiger partial charge < -0.3 is 4.74 Å². The predicted octanol–water partition coefficient (Wildman–Crippen LogP) is 1.05. The second-order valence-corrected chi connectivity index (χ2v) is 8.80. The lowest BCUT2D eigenvalue weighted by Crippen LogP contribution is -2.50. The van der Waals surface area contributed by atoms with Gasteiger partial charge in [-0.2, -0.15) is 17.4 Å². The highest BCUT2D eigenvalue weighted by molar-refractivity contribution is 7.87. The summed E-state index contributed by atoms with van der Waals surface area (Å²) in [5.41, 5.74) is 0. The van der Waals surface area contributed by atoms with Crippen molar-refractivity contribution in [2.75, 3.05) is 32.7 Å². The van der Waals surface area contributed by atoms with E-state index in [1.54, 1.807) is 4.31 Å². The van der Waals surface area contributed by atoms with Gasteiger partial charge in [-0.15, -0.1) is 0 Å². The lowest BCUT2D eigenvalue weighted by atomic mass is 9.97. The van der Waals surface area contributed by atoms with Gasteiger partial charge in [0, 0.05) is 38.8 Å². The summed E-state index contributed by atoms with van der Waals surface area (Å²) < 4.78 is 34.4. The fourth-order valence-corrected chi connectivity index (χ4v) is 4.94. The van der Waals surface area contributed by atoms with Crippen LogP contribution in [-0.2, 0) is 14.9 Å². The molecule has 0 bridgehead atoms. The average molecular weight is 333 g/mol. The Bertz CT molecular complexity index is 437. The molecule has 2 atom stereocenters. The van der Waals surface area contributed by atoms with E-state index in [-0.39, 0.29) is 6.04 Å². The Balaban J connectivity index is 1.80. The van der Waals surface area contributed by atoms with Crippen molar-refractivity contribution < 1.29 is 13.2 Å². The van der Waals surface area contributed by atoms with E-state index >= 15 is 0 Å². The molecular formula is C15H31N3O3S. The third-order valence-corrected chi connectivity index (χ3v) is 6.12. The molecule has 2 saturated heterocycles. The number of piperidine rings is 1. The lowest BCUT2D eigenvalue weighted by molar-refractivity contribution is -0.0726. The summed E-state index contributed by atoms with van der Waals surface area (Å²) in [6.07, 6.45) is 2.47. The molecule has 2 aliphatic rings. The van der Waals surface area contributed by atoms with Crippen molar-refractivity contribution in [2.45, 2.75) is 58.8 Å². The van der Waals surface area contributed by atoms with Crippen molar-refractivity contribution in [3.8, 4) is 0 Å². The molecule has 0 aliphatic carbocycles. The van der Waals surface area contributed by atoms with Gasteiger partial charge in [0.1, 0.15) is 0 Å². The van der Waals surface area contributed by atoms with Crippen LogP contribution in [0.25, 0.3) is 0 Å². The van der Waals surface area contributed by atoms with Crippen LogP contribution in [0.15, 0.2) is 0 Å². The van der Waals surface area contributed by atoms with E-state index in [4.69, 9.17) is 4.74 Å². The van der Waals surface area contributed by atoms with E-state index in [0.717, 1.165) is 32.5 Å². The SMILES string of the molecule is CC(C)NS(=O)(=O)N1CCC(CN2C[C@@H](C)O[C@@H](C)C2)CC1. The summed E-state index contributed by atoms with van der Waals surface area (Å²) in [7, 11) is -3.31. The Morgan fingerprint density at radius 3 is 2.18 bits per heavy atom. The summed E-state index contributed by atoms with van der Waals surface area (Å²) in [5, 5.41) is 0. The fraction of sp³-hybridized carbons (Fsp3) is 1.00. The van der Waals surface area contributed by atoms with E-state index in [1.807, 2.05) is 13.8 Å². The maximum absolute atomic E-state index is 12.2. The summed E-state index contributed by atoms with van der Waals surface area (Å²) in [4.78, 5) is 2.47. The summed E-state index contributed by atoms with van der Waals surface area (Å²) in [6, 6.07) is -0.0564. The molecule has 0 unspecified atom stereocenters. The molecule has 0 radical (unpaired) electrons. The van der Waals surface area contributed by atoms with Crippen LogP contribution in [0.3, 0.4) is 0 Å². The topological polar surface area (TPSA) is 61.9 Å². The van der Waals surface area contributed by atoms with Gasteiger partial charge in [0.25, 0.3) is 10.2 Å². The zero-order valence-electron chi connectivity index (χ0n) is 14.3. The molecule has 0 saturated carbocycles. The predicted molar refractivity (Wildman–Crippen MR) is 87.9 cm³/mol. The van der Waals surface area contributed by atoms with Crippen molar-refractivity contribution in [2.24, 2.45) is 5.92 Å². The first kappa shape index (κ1) is 18.1. The zero-order chi connectivity index (χ0) is 16.3. The van der Waals surface area contributed by atoms with Crippen molar-refractivity contribution in [1.82, 2.24) is 13.9 Å². The van der Waals surface area contributed by atoms with Crippen LogP contribution in [0.4, 0.5) is 0 Å². The van der Waals surface area contributed by atoms with Crippen LogP contribution < -0.4 is 4.72 Å². The van der Waals surface area contributed by atoms with Crippen molar-refractivity contribution >= 4 is 10.2 Å². The van der Waals surface area contributed by atoms with E-state index in [0.29, 0.717) is 31.2 Å². The minimum atomic E-state index is -3.31. The normalized spacial score (nSPS) is 30.0. The minimum absolute atomic E-state index is 0.0564. The maximum atomic E-state index is 12.2. The molecule has 2 fully saturated rings.